The molecule has 29 heavy (non-hydrogen) atoms. The second kappa shape index (κ2) is 8.97. The third-order valence-electron chi connectivity index (χ3n) is 5.57. The number of aliphatic hydroxyl groups is 1. The third kappa shape index (κ3) is 5.16. The van der Waals surface area contributed by atoms with Gasteiger partial charge in [0.2, 0.25) is 5.95 Å². The van der Waals surface area contributed by atoms with Gasteiger partial charge >= 0.3 is 0 Å². The summed E-state index contributed by atoms with van der Waals surface area (Å²) in [5, 5.41) is 16.4. The minimum Gasteiger partial charge on any atom is -0.394 e. The molecule has 2 aliphatic rings. The largest absolute Gasteiger partial charge is 0.394 e. The van der Waals surface area contributed by atoms with Crippen LogP contribution in [0.2, 0.25) is 0 Å². The Morgan fingerprint density at radius 1 is 1.14 bits per heavy atom. The zero-order valence-electron chi connectivity index (χ0n) is 17.3. The fourth-order valence-electron chi connectivity index (χ4n) is 3.50. The fourth-order valence-corrected chi connectivity index (χ4v) is 3.50. The van der Waals surface area contributed by atoms with E-state index in [4.69, 9.17) is 9.72 Å². The fraction of sp³-hybridized carbons (Fsp3) is 0.545. The average Bonchev–Trinajstić information content (AvgIpc) is 3.58. The van der Waals surface area contributed by atoms with Crippen molar-refractivity contribution in [2.24, 2.45) is 5.92 Å². The van der Waals surface area contributed by atoms with Gasteiger partial charge in [-0.25, -0.2) is 4.98 Å². The highest BCUT2D eigenvalue weighted by atomic mass is 16.5. The maximum atomic E-state index is 9.64. The predicted molar refractivity (Wildman–Crippen MR) is 116 cm³/mol. The van der Waals surface area contributed by atoms with E-state index in [-0.39, 0.29) is 18.6 Å². The predicted octanol–water partition coefficient (Wildman–Crippen LogP) is 3.36. The van der Waals surface area contributed by atoms with Gasteiger partial charge in [-0.05, 0) is 43.0 Å². The molecule has 2 heterocycles. The van der Waals surface area contributed by atoms with Crippen molar-refractivity contribution in [3.8, 4) is 0 Å². The van der Waals surface area contributed by atoms with E-state index in [1.807, 2.05) is 6.07 Å². The number of aliphatic hydroxyl groups excluding tert-OH is 1. The lowest BCUT2D eigenvalue weighted by molar-refractivity contribution is 0.122. The molecule has 1 atom stereocenters. The molecule has 7 heteroatoms. The summed E-state index contributed by atoms with van der Waals surface area (Å²) in [4.78, 5) is 11.7. The first-order chi connectivity index (χ1) is 14.1. The van der Waals surface area contributed by atoms with Crippen molar-refractivity contribution in [2.75, 3.05) is 48.4 Å². The molecule has 7 nitrogen and oxygen atoms in total. The molecule has 1 saturated carbocycles. The Balaban J connectivity index is 1.49. The Bertz CT molecular complexity index is 801. The maximum absolute atomic E-state index is 9.64. The van der Waals surface area contributed by atoms with Crippen molar-refractivity contribution in [3.63, 3.8) is 0 Å². The van der Waals surface area contributed by atoms with E-state index in [1.54, 1.807) is 0 Å². The average molecular weight is 398 g/mol. The molecule has 4 rings (SSSR count). The maximum Gasteiger partial charge on any atom is 0.225 e. The lowest BCUT2D eigenvalue weighted by Gasteiger charge is -2.28. The van der Waals surface area contributed by atoms with Crippen molar-refractivity contribution >= 4 is 23.1 Å². The van der Waals surface area contributed by atoms with Gasteiger partial charge in [-0.2, -0.15) is 4.98 Å². The number of aromatic nitrogens is 2. The minimum atomic E-state index is -0.0647. The molecule has 0 radical (unpaired) electrons. The highest BCUT2D eigenvalue weighted by molar-refractivity contribution is 5.62. The van der Waals surface area contributed by atoms with Crippen molar-refractivity contribution in [3.05, 3.63) is 36.0 Å². The zero-order chi connectivity index (χ0) is 20.2. The van der Waals surface area contributed by atoms with Crippen LogP contribution in [-0.4, -0.2) is 54.0 Å². The molecule has 1 saturated heterocycles. The molecule has 156 valence electrons. The Morgan fingerprint density at radius 3 is 2.48 bits per heavy atom. The molecular formula is C22H31N5O2. The van der Waals surface area contributed by atoms with Crippen LogP contribution in [0.15, 0.2) is 30.3 Å². The summed E-state index contributed by atoms with van der Waals surface area (Å²) >= 11 is 0. The Kier molecular flexibility index (Phi) is 6.16. The second-order valence-electron chi connectivity index (χ2n) is 8.22. The van der Waals surface area contributed by atoms with Gasteiger partial charge in [0.15, 0.2) is 0 Å². The summed E-state index contributed by atoms with van der Waals surface area (Å²) in [6.45, 7) is 7.64. The summed E-state index contributed by atoms with van der Waals surface area (Å²) in [7, 11) is 0. The lowest BCUT2D eigenvalue weighted by Crippen LogP contribution is -2.36. The quantitative estimate of drug-likeness (QED) is 0.630. The van der Waals surface area contributed by atoms with E-state index >= 15 is 0 Å². The smallest absolute Gasteiger partial charge is 0.225 e. The van der Waals surface area contributed by atoms with E-state index in [0.717, 1.165) is 43.5 Å². The van der Waals surface area contributed by atoms with Crippen LogP contribution in [0.25, 0.3) is 0 Å². The van der Waals surface area contributed by atoms with Crippen molar-refractivity contribution in [2.45, 2.75) is 38.6 Å². The highest BCUT2D eigenvalue weighted by Crippen LogP contribution is 2.40. The normalized spacial score (nSPS) is 18.0. The number of ether oxygens (including phenoxy) is 1. The Hall–Kier alpha value is -2.38. The molecule has 1 aromatic carbocycles. The summed E-state index contributed by atoms with van der Waals surface area (Å²) in [5.41, 5.74) is 3.27. The summed E-state index contributed by atoms with van der Waals surface area (Å²) in [6.07, 6.45) is 2.36. The number of anilines is 4. The molecule has 0 bridgehead atoms. The topological polar surface area (TPSA) is 82.5 Å². The molecule has 0 amide bonds. The number of morpholine rings is 1. The number of nitrogens with zero attached hydrogens (tertiary/aromatic N) is 3. The van der Waals surface area contributed by atoms with Crippen LogP contribution in [-0.2, 0) is 4.74 Å². The molecule has 2 aromatic rings. The van der Waals surface area contributed by atoms with Crippen molar-refractivity contribution in [1.82, 2.24) is 9.97 Å². The first-order valence-corrected chi connectivity index (χ1v) is 10.6. The zero-order valence-corrected chi connectivity index (χ0v) is 17.3. The van der Waals surface area contributed by atoms with E-state index in [9.17, 15) is 5.11 Å². The monoisotopic (exact) mass is 397 g/mol. The van der Waals surface area contributed by atoms with E-state index < -0.39 is 0 Å². The molecular weight excluding hydrogens is 366 g/mol. The molecule has 1 aliphatic heterocycles. The van der Waals surface area contributed by atoms with Gasteiger partial charge in [0.05, 0.1) is 31.6 Å². The second-order valence-corrected chi connectivity index (χ2v) is 8.22. The number of hydrogen-bond acceptors (Lipinski definition) is 7. The van der Waals surface area contributed by atoms with Gasteiger partial charge in [-0.15, -0.1) is 0 Å². The van der Waals surface area contributed by atoms with Gasteiger partial charge in [0.1, 0.15) is 5.82 Å². The number of rotatable bonds is 8. The van der Waals surface area contributed by atoms with Crippen LogP contribution in [0.5, 0.6) is 0 Å². The lowest BCUT2D eigenvalue weighted by atomic mass is 10.1. The van der Waals surface area contributed by atoms with E-state index in [2.05, 4.69) is 58.6 Å². The van der Waals surface area contributed by atoms with E-state index in [0.29, 0.717) is 11.9 Å². The standard InChI is InChI=1S/C22H31N5O2/c1-15(2)20(14-28)25-22-24-19(16-3-4-16)13-21(26-22)23-17-5-7-18(8-6-17)27-9-11-29-12-10-27/h5-8,13,15-16,20,28H,3-4,9-12,14H2,1-2H3,(H2,23,24,25,26)/t20-/m1/s1. The molecule has 3 N–H and O–H groups in total. The summed E-state index contributed by atoms with van der Waals surface area (Å²) < 4.78 is 5.43. The van der Waals surface area contributed by atoms with Gasteiger partial charge < -0.3 is 25.4 Å². The van der Waals surface area contributed by atoms with E-state index in [1.165, 1.54) is 18.5 Å². The number of nitrogens with one attached hydrogen (secondary N) is 2. The van der Waals surface area contributed by atoms with Gasteiger partial charge in [-0.1, -0.05) is 13.8 Å². The van der Waals surface area contributed by atoms with Gasteiger partial charge in [-0.3, -0.25) is 0 Å². The van der Waals surface area contributed by atoms with Gasteiger partial charge in [0.25, 0.3) is 0 Å². The first-order valence-electron chi connectivity index (χ1n) is 10.6. The minimum absolute atomic E-state index is 0.0560. The molecule has 1 aromatic heterocycles. The molecule has 1 aliphatic carbocycles. The van der Waals surface area contributed by atoms with Crippen LogP contribution >= 0.6 is 0 Å². The Labute approximate surface area is 172 Å². The van der Waals surface area contributed by atoms with Crippen LogP contribution in [0.1, 0.15) is 38.3 Å². The van der Waals surface area contributed by atoms with Crippen LogP contribution in [0.3, 0.4) is 0 Å². The van der Waals surface area contributed by atoms with Crippen molar-refractivity contribution < 1.29 is 9.84 Å². The van der Waals surface area contributed by atoms with Crippen LogP contribution in [0, 0.1) is 5.92 Å². The summed E-state index contributed by atoms with van der Waals surface area (Å²) in [5.74, 6) is 2.17. The van der Waals surface area contributed by atoms with Crippen LogP contribution in [0.4, 0.5) is 23.1 Å². The molecule has 0 unspecified atom stereocenters. The molecule has 0 spiro atoms. The number of hydrogen-bond donors (Lipinski definition) is 3. The third-order valence-corrected chi connectivity index (χ3v) is 5.57. The van der Waals surface area contributed by atoms with Crippen molar-refractivity contribution in [1.29, 1.82) is 0 Å². The summed E-state index contributed by atoms with van der Waals surface area (Å²) in [6, 6.07) is 10.4. The SMILES string of the molecule is CC(C)[C@@H](CO)Nc1nc(Nc2ccc(N3CCOCC3)cc2)cc(C2CC2)n1. The highest BCUT2D eigenvalue weighted by Gasteiger charge is 2.26. The Morgan fingerprint density at radius 2 is 1.86 bits per heavy atom. The van der Waals surface area contributed by atoms with Crippen LogP contribution < -0.4 is 15.5 Å². The van der Waals surface area contributed by atoms with Gasteiger partial charge in [0, 0.05) is 36.4 Å². The first kappa shape index (κ1) is 19.9. The molecule has 2 fully saturated rings. The number of benzene rings is 1.